The van der Waals surface area contributed by atoms with Crippen LogP contribution in [0.5, 0.6) is 0 Å². The third-order valence-electron chi connectivity index (χ3n) is 4.46. The largest absolute Gasteiger partial charge is 0.299 e. The number of nitrogens with zero attached hydrogens (tertiary/aromatic N) is 1. The zero-order valence-electron chi connectivity index (χ0n) is 13.2. The molecular weight excluding hydrogens is 270 g/mol. The predicted octanol–water partition coefficient (Wildman–Crippen LogP) is 4.21. The lowest BCUT2D eigenvalue weighted by atomic mass is 9.98. The summed E-state index contributed by atoms with van der Waals surface area (Å²) in [5.74, 6) is 0.114. The van der Waals surface area contributed by atoms with E-state index in [1.54, 1.807) is 0 Å². The molecule has 3 rings (SSSR count). The molecular formula is C20H23NO. The van der Waals surface area contributed by atoms with Gasteiger partial charge in [0.25, 0.3) is 0 Å². The van der Waals surface area contributed by atoms with Crippen LogP contribution in [0, 0.1) is 6.92 Å². The second kappa shape index (κ2) is 6.89. The normalized spacial score (nSPS) is 15.7. The van der Waals surface area contributed by atoms with E-state index in [4.69, 9.17) is 0 Å². The van der Waals surface area contributed by atoms with E-state index in [9.17, 15) is 4.79 Å². The Bertz CT molecular complexity index is 639. The maximum absolute atomic E-state index is 12.6. The maximum atomic E-state index is 12.6. The van der Waals surface area contributed by atoms with E-state index in [1.807, 2.05) is 43.3 Å². The minimum absolute atomic E-state index is 0.114. The number of piperidine rings is 1. The molecule has 1 aliphatic rings. The zero-order valence-corrected chi connectivity index (χ0v) is 13.2. The molecule has 0 atom stereocenters. The molecule has 2 heteroatoms. The SMILES string of the molecule is Cc1ccccc1C(=O)c1ccc(CN2CCCCC2)cc1. The van der Waals surface area contributed by atoms with E-state index in [0.29, 0.717) is 0 Å². The fraction of sp³-hybridized carbons (Fsp3) is 0.350. The molecule has 2 aromatic carbocycles. The molecule has 0 aromatic heterocycles. The summed E-state index contributed by atoms with van der Waals surface area (Å²) >= 11 is 0. The Morgan fingerprint density at radius 2 is 1.64 bits per heavy atom. The van der Waals surface area contributed by atoms with Crippen molar-refractivity contribution in [1.82, 2.24) is 4.90 Å². The van der Waals surface area contributed by atoms with Crippen molar-refractivity contribution in [3.05, 3.63) is 70.8 Å². The molecule has 1 saturated heterocycles. The van der Waals surface area contributed by atoms with Gasteiger partial charge in [-0.3, -0.25) is 9.69 Å². The number of rotatable bonds is 4. The van der Waals surface area contributed by atoms with Crippen LogP contribution in [-0.2, 0) is 6.54 Å². The van der Waals surface area contributed by atoms with E-state index >= 15 is 0 Å². The average Bonchev–Trinajstić information content (AvgIpc) is 2.56. The highest BCUT2D eigenvalue weighted by Crippen LogP contribution is 2.17. The van der Waals surface area contributed by atoms with Crippen LogP contribution in [0.25, 0.3) is 0 Å². The molecule has 2 aromatic rings. The molecule has 0 saturated carbocycles. The van der Waals surface area contributed by atoms with Gasteiger partial charge in [0, 0.05) is 17.7 Å². The van der Waals surface area contributed by atoms with Gasteiger partial charge in [-0.15, -0.1) is 0 Å². The highest BCUT2D eigenvalue weighted by atomic mass is 16.1. The molecule has 1 fully saturated rings. The topological polar surface area (TPSA) is 20.3 Å². The lowest BCUT2D eigenvalue weighted by molar-refractivity contribution is 0.103. The molecule has 0 amide bonds. The van der Waals surface area contributed by atoms with Crippen LogP contribution in [0.1, 0.15) is 46.3 Å². The second-order valence-electron chi connectivity index (χ2n) is 6.18. The van der Waals surface area contributed by atoms with E-state index in [-0.39, 0.29) is 5.78 Å². The summed E-state index contributed by atoms with van der Waals surface area (Å²) in [4.78, 5) is 15.1. The highest BCUT2D eigenvalue weighted by molar-refractivity contribution is 6.09. The van der Waals surface area contributed by atoms with Gasteiger partial charge >= 0.3 is 0 Å². The van der Waals surface area contributed by atoms with Crippen molar-refractivity contribution in [2.45, 2.75) is 32.7 Å². The fourth-order valence-electron chi connectivity index (χ4n) is 3.12. The number of benzene rings is 2. The molecule has 0 radical (unpaired) electrons. The Balaban J connectivity index is 1.71. The number of aryl methyl sites for hydroxylation is 1. The first-order valence-corrected chi connectivity index (χ1v) is 8.16. The number of likely N-dealkylation sites (tertiary alicyclic amines) is 1. The molecule has 1 aliphatic heterocycles. The fourth-order valence-corrected chi connectivity index (χ4v) is 3.12. The number of hydrogen-bond acceptors (Lipinski definition) is 2. The first-order valence-electron chi connectivity index (χ1n) is 8.16. The number of carbonyl (C=O) groups excluding carboxylic acids is 1. The predicted molar refractivity (Wildman–Crippen MR) is 90.2 cm³/mol. The number of hydrogen-bond donors (Lipinski definition) is 0. The van der Waals surface area contributed by atoms with Crippen molar-refractivity contribution in [3.63, 3.8) is 0 Å². The van der Waals surface area contributed by atoms with Gasteiger partial charge in [-0.05, 0) is 44.0 Å². The monoisotopic (exact) mass is 293 g/mol. The Morgan fingerprint density at radius 3 is 2.32 bits per heavy atom. The van der Waals surface area contributed by atoms with E-state index < -0.39 is 0 Å². The van der Waals surface area contributed by atoms with Crippen molar-refractivity contribution in [1.29, 1.82) is 0 Å². The maximum Gasteiger partial charge on any atom is 0.193 e. The molecule has 0 unspecified atom stereocenters. The van der Waals surface area contributed by atoms with Gasteiger partial charge < -0.3 is 0 Å². The van der Waals surface area contributed by atoms with Gasteiger partial charge in [0.05, 0.1) is 0 Å². The summed E-state index contributed by atoms with van der Waals surface area (Å²) in [6, 6.07) is 15.9. The third-order valence-corrected chi connectivity index (χ3v) is 4.46. The summed E-state index contributed by atoms with van der Waals surface area (Å²) in [5.41, 5.74) is 3.90. The van der Waals surface area contributed by atoms with Gasteiger partial charge in [0.1, 0.15) is 0 Å². The Morgan fingerprint density at radius 1 is 0.955 bits per heavy atom. The molecule has 0 N–H and O–H groups in total. The van der Waals surface area contributed by atoms with Crippen molar-refractivity contribution in [2.75, 3.05) is 13.1 Å². The van der Waals surface area contributed by atoms with Crippen LogP contribution in [0.15, 0.2) is 48.5 Å². The minimum Gasteiger partial charge on any atom is -0.299 e. The van der Waals surface area contributed by atoms with Crippen LogP contribution < -0.4 is 0 Å². The summed E-state index contributed by atoms with van der Waals surface area (Å²) in [6.45, 7) is 5.38. The third kappa shape index (κ3) is 3.45. The van der Waals surface area contributed by atoms with E-state index in [1.165, 1.54) is 37.9 Å². The molecule has 0 spiro atoms. The molecule has 0 bridgehead atoms. The molecule has 2 nitrogen and oxygen atoms in total. The van der Waals surface area contributed by atoms with Crippen molar-refractivity contribution in [3.8, 4) is 0 Å². The Labute approximate surface area is 132 Å². The van der Waals surface area contributed by atoms with E-state index in [2.05, 4.69) is 17.0 Å². The van der Waals surface area contributed by atoms with Gasteiger partial charge in [0.15, 0.2) is 5.78 Å². The van der Waals surface area contributed by atoms with Crippen LogP contribution >= 0.6 is 0 Å². The van der Waals surface area contributed by atoms with Crippen molar-refractivity contribution >= 4 is 5.78 Å². The van der Waals surface area contributed by atoms with Crippen LogP contribution in [0.3, 0.4) is 0 Å². The minimum atomic E-state index is 0.114. The molecule has 22 heavy (non-hydrogen) atoms. The Hall–Kier alpha value is -1.93. The molecule has 0 aliphatic carbocycles. The Kier molecular flexibility index (Phi) is 4.69. The highest BCUT2D eigenvalue weighted by Gasteiger charge is 2.13. The van der Waals surface area contributed by atoms with Gasteiger partial charge in [-0.2, -0.15) is 0 Å². The molecule has 114 valence electrons. The smallest absolute Gasteiger partial charge is 0.193 e. The van der Waals surface area contributed by atoms with Gasteiger partial charge in [-0.1, -0.05) is 55.0 Å². The van der Waals surface area contributed by atoms with Gasteiger partial charge in [-0.25, -0.2) is 0 Å². The summed E-state index contributed by atoms with van der Waals surface area (Å²) in [5, 5.41) is 0. The van der Waals surface area contributed by atoms with E-state index in [0.717, 1.165) is 23.2 Å². The first-order chi connectivity index (χ1) is 10.7. The second-order valence-corrected chi connectivity index (χ2v) is 6.18. The summed E-state index contributed by atoms with van der Waals surface area (Å²) in [6.07, 6.45) is 3.98. The number of carbonyl (C=O) groups is 1. The van der Waals surface area contributed by atoms with Crippen LogP contribution in [0.2, 0.25) is 0 Å². The molecule has 1 heterocycles. The summed E-state index contributed by atoms with van der Waals surface area (Å²) in [7, 11) is 0. The average molecular weight is 293 g/mol. The lowest BCUT2D eigenvalue weighted by Crippen LogP contribution is -2.29. The first kappa shape index (κ1) is 15.0. The number of ketones is 1. The zero-order chi connectivity index (χ0) is 15.4. The lowest BCUT2D eigenvalue weighted by Gasteiger charge is -2.26. The summed E-state index contributed by atoms with van der Waals surface area (Å²) < 4.78 is 0. The van der Waals surface area contributed by atoms with Crippen molar-refractivity contribution < 1.29 is 4.79 Å². The standard InChI is InChI=1S/C20H23NO/c1-16-7-3-4-8-19(16)20(22)18-11-9-17(10-12-18)15-21-13-5-2-6-14-21/h3-4,7-12H,2,5-6,13-15H2,1H3. The quantitative estimate of drug-likeness (QED) is 0.787. The van der Waals surface area contributed by atoms with Gasteiger partial charge in [0.2, 0.25) is 0 Å². The van der Waals surface area contributed by atoms with Crippen LogP contribution in [0.4, 0.5) is 0 Å². The van der Waals surface area contributed by atoms with Crippen LogP contribution in [-0.4, -0.2) is 23.8 Å². The van der Waals surface area contributed by atoms with Crippen molar-refractivity contribution in [2.24, 2.45) is 0 Å².